The second-order valence-corrected chi connectivity index (χ2v) is 6.10. The number of hydrogen-bond acceptors (Lipinski definition) is 2. The molecule has 76 valence electrons. The van der Waals surface area contributed by atoms with Crippen molar-refractivity contribution in [2.75, 3.05) is 6.61 Å². The topological polar surface area (TPSA) is 38.7 Å². The highest BCUT2D eigenvalue weighted by atomic mass is 32.2. The van der Waals surface area contributed by atoms with Crippen LogP contribution in [0, 0.1) is 0 Å². The van der Waals surface area contributed by atoms with Gasteiger partial charge in [-0.15, -0.1) is 0 Å². The van der Waals surface area contributed by atoms with Crippen LogP contribution in [0.15, 0.2) is 4.40 Å². The Morgan fingerprint density at radius 2 is 2.23 bits per heavy atom. The van der Waals surface area contributed by atoms with Gasteiger partial charge in [0.1, 0.15) is 11.0 Å². The molecule has 1 aliphatic rings. The highest BCUT2D eigenvalue weighted by Crippen LogP contribution is 2.14. The predicted molar refractivity (Wildman–Crippen MR) is 55.4 cm³/mol. The molecule has 0 radical (unpaired) electrons. The van der Waals surface area contributed by atoms with Crippen LogP contribution in [0.25, 0.3) is 0 Å². The Hall–Kier alpha value is -0.220. The van der Waals surface area contributed by atoms with Gasteiger partial charge in [0.15, 0.2) is 0 Å². The fourth-order valence-electron chi connectivity index (χ4n) is 1.00. The summed E-state index contributed by atoms with van der Waals surface area (Å²) in [7, 11) is -1.14. The molecule has 1 aliphatic heterocycles. The van der Waals surface area contributed by atoms with Crippen molar-refractivity contribution in [3.63, 3.8) is 0 Å². The van der Waals surface area contributed by atoms with Crippen molar-refractivity contribution in [3.05, 3.63) is 0 Å². The standard InChI is InChI=1S/C9H17NO2S/c1-9(2,3)13(11)10-7-8-5-4-6-12-8/h7-8H,4-6H2,1-3H3/b10-7+/t8?,13-/m0/s1. The van der Waals surface area contributed by atoms with Gasteiger partial charge in [0.25, 0.3) is 0 Å². The zero-order valence-electron chi connectivity index (χ0n) is 8.45. The molecule has 13 heavy (non-hydrogen) atoms. The zero-order valence-corrected chi connectivity index (χ0v) is 9.26. The summed E-state index contributed by atoms with van der Waals surface area (Å²) in [6.07, 6.45) is 3.87. The second-order valence-electron chi connectivity index (χ2n) is 4.17. The van der Waals surface area contributed by atoms with Crippen molar-refractivity contribution in [2.45, 2.75) is 44.5 Å². The molecule has 0 aliphatic carbocycles. The first-order chi connectivity index (χ1) is 6.00. The lowest BCUT2D eigenvalue weighted by atomic mass is 10.3. The fraction of sp³-hybridized carbons (Fsp3) is 0.889. The van der Waals surface area contributed by atoms with E-state index in [-0.39, 0.29) is 10.9 Å². The van der Waals surface area contributed by atoms with Gasteiger partial charge >= 0.3 is 0 Å². The molecule has 0 amide bonds. The Balaban J connectivity index is 2.43. The third kappa shape index (κ3) is 3.56. The molecule has 0 bridgehead atoms. The lowest BCUT2D eigenvalue weighted by Gasteiger charge is -2.13. The molecule has 0 N–H and O–H groups in total. The average molecular weight is 203 g/mol. The van der Waals surface area contributed by atoms with E-state index in [0.717, 1.165) is 19.4 Å². The summed E-state index contributed by atoms with van der Waals surface area (Å²) in [5, 5.41) is 0. The van der Waals surface area contributed by atoms with E-state index < -0.39 is 11.0 Å². The minimum Gasteiger partial charge on any atom is -0.373 e. The molecule has 0 spiro atoms. The first-order valence-electron chi connectivity index (χ1n) is 4.58. The summed E-state index contributed by atoms with van der Waals surface area (Å²) in [4.78, 5) is 0. The van der Waals surface area contributed by atoms with Crippen molar-refractivity contribution in [2.24, 2.45) is 4.40 Å². The summed E-state index contributed by atoms with van der Waals surface area (Å²) >= 11 is 0. The van der Waals surface area contributed by atoms with E-state index in [1.165, 1.54) is 0 Å². The predicted octanol–water partition coefficient (Wildman–Crippen LogP) is 1.70. The molecule has 1 rings (SSSR count). The number of ether oxygens (including phenoxy) is 1. The van der Waals surface area contributed by atoms with Crippen molar-refractivity contribution in [1.82, 2.24) is 0 Å². The normalized spacial score (nSPS) is 26.8. The highest BCUT2D eigenvalue weighted by Gasteiger charge is 2.19. The van der Waals surface area contributed by atoms with E-state index in [0.29, 0.717) is 0 Å². The maximum atomic E-state index is 11.5. The van der Waals surface area contributed by atoms with Crippen LogP contribution in [0.1, 0.15) is 33.6 Å². The molecule has 3 nitrogen and oxygen atoms in total. The lowest BCUT2D eigenvalue weighted by Crippen LogP contribution is -2.20. The third-order valence-electron chi connectivity index (χ3n) is 1.81. The molecule has 1 saturated heterocycles. The summed E-state index contributed by atoms with van der Waals surface area (Å²) < 4.78 is 20.5. The van der Waals surface area contributed by atoms with E-state index >= 15 is 0 Å². The zero-order chi connectivity index (χ0) is 9.90. The Morgan fingerprint density at radius 1 is 1.54 bits per heavy atom. The van der Waals surface area contributed by atoms with Crippen LogP contribution < -0.4 is 0 Å². The van der Waals surface area contributed by atoms with E-state index in [2.05, 4.69) is 4.40 Å². The van der Waals surface area contributed by atoms with Crippen LogP contribution in [0.5, 0.6) is 0 Å². The van der Waals surface area contributed by atoms with Crippen LogP contribution in [0.3, 0.4) is 0 Å². The smallest absolute Gasteiger partial charge is 0.144 e. The molecule has 1 fully saturated rings. The minimum atomic E-state index is -1.14. The number of hydrogen-bond donors (Lipinski definition) is 0. The van der Waals surface area contributed by atoms with Gasteiger partial charge in [0.05, 0.1) is 10.9 Å². The van der Waals surface area contributed by atoms with E-state index in [1.54, 1.807) is 6.21 Å². The molecular weight excluding hydrogens is 186 g/mol. The molecule has 0 aromatic carbocycles. The number of rotatable bonds is 2. The molecule has 0 aromatic rings. The van der Waals surface area contributed by atoms with Crippen LogP contribution in [-0.2, 0) is 15.7 Å². The lowest BCUT2D eigenvalue weighted by molar-refractivity contribution is 0.162. The first kappa shape index (κ1) is 10.9. The van der Waals surface area contributed by atoms with Gasteiger partial charge in [-0.3, -0.25) is 0 Å². The largest absolute Gasteiger partial charge is 0.373 e. The Kier molecular flexibility index (Phi) is 3.62. The van der Waals surface area contributed by atoms with Crippen LogP contribution >= 0.6 is 0 Å². The monoisotopic (exact) mass is 203 g/mol. The summed E-state index contributed by atoms with van der Waals surface area (Å²) in [6, 6.07) is 0. The van der Waals surface area contributed by atoms with E-state index in [4.69, 9.17) is 4.74 Å². The summed E-state index contributed by atoms with van der Waals surface area (Å²) in [5.74, 6) is 0. The van der Waals surface area contributed by atoms with Gasteiger partial charge in [-0.25, -0.2) is 4.21 Å². The Morgan fingerprint density at radius 3 is 2.69 bits per heavy atom. The minimum absolute atomic E-state index is 0.0892. The van der Waals surface area contributed by atoms with Gasteiger partial charge in [0, 0.05) is 12.8 Å². The van der Waals surface area contributed by atoms with Crippen LogP contribution in [0.4, 0.5) is 0 Å². The average Bonchev–Trinajstić information content (AvgIpc) is 2.50. The first-order valence-corrected chi connectivity index (χ1v) is 5.68. The quantitative estimate of drug-likeness (QED) is 0.641. The SMILES string of the molecule is CC(C)(C)[S@](=O)/N=C/C1CCCO1. The second kappa shape index (κ2) is 4.33. The van der Waals surface area contributed by atoms with E-state index in [9.17, 15) is 4.21 Å². The van der Waals surface area contributed by atoms with Crippen molar-refractivity contribution >= 4 is 17.2 Å². The van der Waals surface area contributed by atoms with Gasteiger partial charge in [-0.1, -0.05) is 0 Å². The molecule has 0 aromatic heterocycles. The van der Waals surface area contributed by atoms with Crippen LogP contribution in [-0.4, -0.2) is 27.9 Å². The maximum absolute atomic E-state index is 11.5. The Bertz CT molecular complexity index is 214. The Labute approximate surface area is 82.2 Å². The molecule has 0 saturated carbocycles. The molecule has 2 atom stereocenters. The van der Waals surface area contributed by atoms with Gasteiger partial charge < -0.3 is 4.74 Å². The van der Waals surface area contributed by atoms with Crippen molar-refractivity contribution in [3.8, 4) is 0 Å². The van der Waals surface area contributed by atoms with Crippen molar-refractivity contribution < 1.29 is 8.95 Å². The molecule has 1 unspecified atom stereocenters. The van der Waals surface area contributed by atoms with Gasteiger partial charge in [0.2, 0.25) is 0 Å². The summed E-state index contributed by atoms with van der Waals surface area (Å²) in [6.45, 7) is 6.54. The van der Waals surface area contributed by atoms with E-state index in [1.807, 2.05) is 20.8 Å². The van der Waals surface area contributed by atoms with Crippen LogP contribution in [0.2, 0.25) is 0 Å². The van der Waals surface area contributed by atoms with Gasteiger partial charge in [-0.05, 0) is 33.6 Å². The third-order valence-corrected chi connectivity index (χ3v) is 3.17. The van der Waals surface area contributed by atoms with Crippen molar-refractivity contribution in [1.29, 1.82) is 0 Å². The number of nitrogens with zero attached hydrogens (tertiary/aromatic N) is 1. The molecule has 4 heteroatoms. The fourth-order valence-corrected chi connectivity index (χ4v) is 1.56. The van der Waals surface area contributed by atoms with Gasteiger partial charge in [-0.2, -0.15) is 4.40 Å². The maximum Gasteiger partial charge on any atom is 0.144 e. The molecular formula is C9H17NO2S. The summed E-state index contributed by atoms with van der Waals surface area (Å²) in [5.41, 5.74) is 0. The highest BCUT2D eigenvalue weighted by molar-refractivity contribution is 7.85. The molecule has 1 heterocycles.